The second kappa shape index (κ2) is 6.57. The van der Waals surface area contributed by atoms with Crippen molar-refractivity contribution in [2.45, 2.75) is 33.1 Å². The van der Waals surface area contributed by atoms with Gasteiger partial charge < -0.3 is 5.32 Å². The molecule has 0 saturated carbocycles. The molecule has 1 N–H and O–H groups in total. The lowest BCUT2D eigenvalue weighted by molar-refractivity contribution is 0.621. The smallest absolute Gasteiger partial charge is 0.123 e. The lowest BCUT2D eigenvalue weighted by Crippen LogP contribution is -2.16. The largest absolute Gasteiger partial charge is 0.317 e. The standard InChI is InChI=1S/C13H20FN/c1-3-8-15-9-4-5-12-6-7-13(14)10-11(12)2/h6-7,10,15H,3-5,8-9H2,1-2H3. The molecule has 0 aliphatic carbocycles. The minimum absolute atomic E-state index is 0.139. The van der Waals surface area contributed by atoms with Crippen molar-refractivity contribution in [3.05, 3.63) is 35.1 Å². The van der Waals surface area contributed by atoms with E-state index in [1.54, 1.807) is 12.1 Å². The molecule has 0 atom stereocenters. The van der Waals surface area contributed by atoms with Crippen molar-refractivity contribution >= 4 is 0 Å². The topological polar surface area (TPSA) is 12.0 Å². The van der Waals surface area contributed by atoms with E-state index in [-0.39, 0.29) is 5.82 Å². The summed E-state index contributed by atoms with van der Waals surface area (Å²) in [7, 11) is 0. The van der Waals surface area contributed by atoms with E-state index in [2.05, 4.69) is 12.2 Å². The fourth-order valence-corrected chi connectivity index (χ4v) is 1.65. The Hall–Kier alpha value is -0.890. The fourth-order valence-electron chi connectivity index (χ4n) is 1.65. The Bertz CT molecular complexity index is 297. The van der Waals surface area contributed by atoms with E-state index >= 15 is 0 Å². The fraction of sp³-hybridized carbons (Fsp3) is 0.538. The molecule has 0 saturated heterocycles. The third-order valence-corrected chi connectivity index (χ3v) is 2.53. The van der Waals surface area contributed by atoms with Gasteiger partial charge in [0.15, 0.2) is 0 Å². The van der Waals surface area contributed by atoms with E-state index in [1.165, 1.54) is 12.0 Å². The van der Waals surface area contributed by atoms with Crippen LogP contribution in [0.5, 0.6) is 0 Å². The van der Waals surface area contributed by atoms with Crippen LogP contribution >= 0.6 is 0 Å². The van der Waals surface area contributed by atoms with E-state index in [0.29, 0.717) is 0 Å². The second-order valence-electron chi connectivity index (χ2n) is 3.92. The molecular formula is C13H20FN. The lowest BCUT2D eigenvalue weighted by atomic mass is 10.0. The summed E-state index contributed by atoms with van der Waals surface area (Å²) < 4.78 is 12.8. The van der Waals surface area contributed by atoms with Crippen LogP contribution in [0.15, 0.2) is 18.2 Å². The molecule has 1 aromatic carbocycles. The Morgan fingerprint density at radius 3 is 2.73 bits per heavy atom. The molecule has 15 heavy (non-hydrogen) atoms. The van der Waals surface area contributed by atoms with Gasteiger partial charge in [0.25, 0.3) is 0 Å². The zero-order chi connectivity index (χ0) is 11.1. The Morgan fingerprint density at radius 2 is 2.07 bits per heavy atom. The quantitative estimate of drug-likeness (QED) is 0.710. The molecule has 0 aliphatic heterocycles. The van der Waals surface area contributed by atoms with Crippen LogP contribution in [-0.4, -0.2) is 13.1 Å². The minimum Gasteiger partial charge on any atom is -0.317 e. The minimum atomic E-state index is -0.139. The van der Waals surface area contributed by atoms with Gasteiger partial charge in [-0.15, -0.1) is 0 Å². The van der Waals surface area contributed by atoms with Crippen molar-refractivity contribution in [3.8, 4) is 0 Å². The highest BCUT2D eigenvalue weighted by Crippen LogP contribution is 2.11. The maximum atomic E-state index is 12.8. The average Bonchev–Trinajstić information content (AvgIpc) is 2.20. The Balaban J connectivity index is 2.31. The molecule has 0 aliphatic rings. The van der Waals surface area contributed by atoms with Crippen LogP contribution in [0.3, 0.4) is 0 Å². The SMILES string of the molecule is CCCNCCCc1ccc(F)cc1C. The third kappa shape index (κ3) is 4.43. The van der Waals surface area contributed by atoms with Crippen molar-refractivity contribution in [2.24, 2.45) is 0 Å². The molecule has 2 heteroatoms. The van der Waals surface area contributed by atoms with Crippen molar-refractivity contribution in [3.63, 3.8) is 0 Å². The summed E-state index contributed by atoms with van der Waals surface area (Å²) in [5.74, 6) is -0.139. The van der Waals surface area contributed by atoms with Gasteiger partial charge >= 0.3 is 0 Å². The number of rotatable bonds is 6. The van der Waals surface area contributed by atoms with Crippen LogP contribution < -0.4 is 5.32 Å². The monoisotopic (exact) mass is 209 g/mol. The van der Waals surface area contributed by atoms with Crippen LogP contribution in [-0.2, 0) is 6.42 Å². The predicted octanol–water partition coefficient (Wildman–Crippen LogP) is 3.07. The van der Waals surface area contributed by atoms with Gasteiger partial charge in [0.05, 0.1) is 0 Å². The van der Waals surface area contributed by atoms with Gasteiger partial charge in [0, 0.05) is 0 Å². The van der Waals surface area contributed by atoms with Crippen molar-refractivity contribution in [1.29, 1.82) is 0 Å². The number of hydrogen-bond donors (Lipinski definition) is 1. The van der Waals surface area contributed by atoms with Gasteiger partial charge in [-0.1, -0.05) is 13.0 Å². The van der Waals surface area contributed by atoms with E-state index in [0.717, 1.165) is 31.5 Å². The second-order valence-corrected chi connectivity index (χ2v) is 3.92. The van der Waals surface area contributed by atoms with Crippen LogP contribution in [0.2, 0.25) is 0 Å². The molecule has 0 spiro atoms. The summed E-state index contributed by atoms with van der Waals surface area (Å²) in [6.45, 7) is 6.27. The van der Waals surface area contributed by atoms with Gasteiger partial charge in [-0.3, -0.25) is 0 Å². The number of benzene rings is 1. The first-order chi connectivity index (χ1) is 7.24. The molecule has 0 unspecified atom stereocenters. The summed E-state index contributed by atoms with van der Waals surface area (Å²) in [6, 6.07) is 5.04. The van der Waals surface area contributed by atoms with Crippen LogP contribution in [0.25, 0.3) is 0 Å². The molecule has 0 aromatic heterocycles. The van der Waals surface area contributed by atoms with Gasteiger partial charge in [-0.2, -0.15) is 0 Å². The Kier molecular flexibility index (Phi) is 5.33. The zero-order valence-electron chi connectivity index (χ0n) is 9.65. The first-order valence-corrected chi connectivity index (χ1v) is 5.69. The molecule has 0 amide bonds. The summed E-state index contributed by atoms with van der Waals surface area (Å²) in [5, 5.41) is 3.36. The number of hydrogen-bond acceptors (Lipinski definition) is 1. The normalized spacial score (nSPS) is 10.6. The Labute approximate surface area is 91.7 Å². The highest BCUT2D eigenvalue weighted by atomic mass is 19.1. The van der Waals surface area contributed by atoms with Crippen LogP contribution in [0.4, 0.5) is 4.39 Å². The zero-order valence-corrected chi connectivity index (χ0v) is 9.65. The molecule has 0 bridgehead atoms. The lowest BCUT2D eigenvalue weighted by Gasteiger charge is -2.06. The highest BCUT2D eigenvalue weighted by Gasteiger charge is 1.99. The molecule has 0 radical (unpaired) electrons. The maximum absolute atomic E-state index is 12.8. The van der Waals surface area contributed by atoms with Gasteiger partial charge in [-0.05, 0) is 62.5 Å². The first kappa shape index (κ1) is 12.2. The summed E-state index contributed by atoms with van der Waals surface area (Å²) >= 11 is 0. The molecule has 0 fully saturated rings. The van der Waals surface area contributed by atoms with E-state index in [1.807, 2.05) is 13.0 Å². The third-order valence-electron chi connectivity index (χ3n) is 2.53. The highest BCUT2D eigenvalue weighted by molar-refractivity contribution is 5.26. The molecule has 84 valence electrons. The molecular weight excluding hydrogens is 189 g/mol. The molecule has 1 nitrogen and oxygen atoms in total. The molecule has 1 rings (SSSR count). The van der Waals surface area contributed by atoms with E-state index < -0.39 is 0 Å². The van der Waals surface area contributed by atoms with Crippen molar-refractivity contribution in [2.75, 3.05) is 13.1 Å². The van der Waals surface area contributed by atoms with Gasteiger partial charge in [0.2, 0.25) is 0 Å². The Morgan fingerprint density at radius 1 is 1.27 bits per heavy atom. The summed E-state index contributed by atoms with van der Waals surface area (Å²) in [5.41, 5.74) is 2.32. The summed E-state index contributed by atoms with van der Waals surface area (Å²) in [6.07, 6.45) is 3.32. The number of nitrogens with one attached hydrogen (secondary N) is 1. The van der Waals surface area contributed by atoms with Crippen molar-refractivity contribution < 1.29 is 4.39 Å². The maximum Gasteiger partial charge on any atom is 0.123 e. The van der Waals surface area contributed by atoms with Gasteiger partial charge in [0.1, 0.15) is 5.82 Å². The molecule has 1 aromatic rings. The number of aryl methyl sites for hydroxylation is 2. The first-order valence-electron chi connectivity index (χ1n) is 5.69. The summed E-state index contributed by atoms with van der Waals surface area (Å²) in [4.78, 5) is 0. The van der Waals surface area contributed by atoms with Crippen LogP contribution in [0.1, 0.15) is 30.9 Å². The van der Waals surface area contributed by atoms with E-state index in [9.17, 15) is 4.39 Å². The number of halogens is 1. The van der Waals surface area contributed by atoms with Gasteiger partial charge in [-0.25, -0.2) is 4.39 Å². The van der Waals surface area contributed by atoms with Crippen molar-refractivity contribution in [1.82, 2.24) is 5.32 Å². The molecule has 0 heterocycles. The van der Waals surface area contributed by atoms with Crippen LogP contribution in [0, 0.1) is 12.7 Å². The van der Waals surface area contributed by atoms with E-state index in [4.69, 9.17) is 0 Å². The predicted molar refractivity (Wildman–Crippen MR) is 62.6 cm³/mol. The average molecular weight is 209 g/mol.